The molecule has 0 saturated heterocycles. The molecule has 4 aromatic carbocycles. The maximum Gasteiger partial charge on any atom is 0.185 e. The first kappa shape index (κ1) is 38.4. The monoisotopic (exact) mass is 627 g/mol. The van der Waals surface area contributed by atoms with E-state index in [1.54, 1.807) is 0 Å². The number of hydrogen-bond acceptors (Lipinski definition) is 6. The predicted molar refractivity (Wildman–Crippen MR) is 199 cm³/mol. The number of nitrogens with two attached hydrogens (primary N) is 2. The van der Waals surface area contributed by atoms with Gasteiger partial charge >= 0.3 is 0 Å². The molecule has 250 valence electrons. The maximum absolute atomic E-state index is 11.0. The summed E-state index contributed by atoms with van der Waals surface area (Å²) in [5, 5.41) is 8.50. The van der Waals surface area contributed by atoms with Crippen molar-refractivity contribution < 1.29 is 4.79 Å². The molecule has 0 heterocycles. The van der Waals surface area contributed by atoms with E-state index in [9.17, 15) is 4.79 Å². The second-order valence-corrected chi connectivity index (χ2v) is 12.1. The van der Waals surface area contributed by atoms with Gasteiger partial charge in [-0.3, -0.25) is 14.8 Å². The van der Waals surface area contributed by atoms with Crippen molar-refractivity contribution in [3.05, 3.63) is 84.9 Å². The summed E-state index contributed by atoms with van der Waals surface area (Å²) in [6.07, 6.45) is 2.50. The van der Waals surface area contributed by atoms with Crippen LogP contribution >= 0.6 is 0 Å². The number of nitrogens with zero attached hydrogens (tertiary/aromatic N) is 4. The summed E-state index contributed by atoms with van der Waals surface area (Å²) in [4.78, 5) is 21.5. The lowest BCUT2D eigenvalue weighted by Crippen LogP contribution is -2.43. The lowest BCUT2D eigenvalue weighted by Gasteiger charge is -2.23. The molecule has 0 saturated carbocycles. The molecule has 4 aromatic rings. The molecule has 46 heavy (non-hydrogen) atoms. The van der Waals surface area contributed by atoms with E-state index in [0.717, 1.165) is 45.4 Å². The molecule has 0 fully saturated rings. The molecule has 0 aliphatic carbocycles. The molecule has 0 radical (unpaired) electrons. The summed E-state index contributed by atoms with van der Waals surface area (Å²) >= 11 is 0. The van der Waals surface area contributed by atoms with Gasteiger partial charge in [0.25, 0.3) is 0 Å². The van der Waals surface area contributed by atoms with Crippen molar-refractivity contribution in [1.82, 2.24) is 20.0 Å². The third kappa shape index (κ3) is 13.7. The van der Waals surface area contributed by atoms with Crippen LogP contribution in [0.15, 0.2) is 89.9 Å². The standard InChI is InChI=1S/C20H14.C12H27N5O.C6H16N2/c1-3-11-17-15(7-1)9-5-13-19(17)20-14-6-10-16-8-2-4-12-18(16)20;1-4-17(3)8-10(2)16-11(9-18)6-5-7-15-12(13)14;1-5-8(4)6-7(2)3/h1-14H;9-11,16H,4-8H2,1-3H3,(H4,13,14,15);5-6H2,1-4H3/t;10?,11-;/m.0./s1. The maximum atomic E-state index is 11.0. The highest BCUT2D eigenvalue weighted by atomic mass is 16.1. The van der Waals surface area contributed by atoms with Gasteiger partial charge in [-0.15, -0.1) is 0 Å². The molecule has 1 unspecified atom stereocenters. The lowest BCUT2D eigenvalue weighted by atomic mass is 9.94. The number of nitrogens with one attached hydrogen (secondary N) is 1. The Hall–Kier alpha value is -3.82. The Labute approximate surface area is 277 Å². The number of rotatable bonds is 14. The van der Waals surface area contributed by atoms with E-state index in [1.807, 2.05) is 0 Å². The normalized spacial score (nSPS) is 12.3. The van der Waals surface area contributed by atoms with Crippen molar-refractivity contribution in [2.45, 2.75) is 45.7 Å². The second-order valence-electron chi connectivity index (χ2n) is 12.1. The third-order valence-corrected chi connectivity index (χ3v) is 7.69. The molecule has 2 atom stereocenters. The Morgan fingerprint density at radius 1 is 0.783 bits per heavy atom. The van der Waals surface area contributed by atoms with Crippen molar-refractivity contribution in [1.29, 1.82) is 0 Å². The number of aldehydes is 1. The van der Waals surface area contributed by atoms with Gasteiger partial charge in [0, 0.05) is 25.8 Å². The summed E-state index contributed by atoms with van der Waals surface area (Å²) in [5.74, 6) is 0.101. The number of benzene rings is 4. The zero-order chi connectivity index (χ0) is 33.9. The highest BCUT2D eigenvalue weighted by Gasteiger charge is 2.12. The first-order valence-corrected chi connectivity index (χ1v) is 16.3. The van der Waals surface area contributed by atoms with Gasteiger partial charge in [0.05, 0.1) is 6.04 Å². The van der Waals surface area contributed by atoms with Crippen LogP contribution in [-0.2, 0) is 4.79 Å². The second kappa shape index (κ2) is 21.1. The Morgan fingerprint density at radius 3 is 1.72 bits per heavy atom. The van der Waals surface area contributed by atoms with Crippen LogP contribution in [0.4, 0.5) is 0 Å². The van der Waals surface area contributed by atoms with Gasteiger partial charge in [-0.2, -0.15) is 0 Å². The van der Waals surface area contributed by atoms with E-state index in [-0.39, 0.29) is 18.0 Å². The van der Waals surface area contributed by atoms with Gasteiger partial charge in [-0.25, -0.2) is 0 Å². The SMILES string of the molecule is CCN(C)CC(C)N[C@H](C=O)CCCN=C(N)N.CCN(C)CN(C)C.c1ccc2c(-c3cccc4ccccc34)cccc2c1. The van der Waals surface area contributed by atoms with Crippen LogP contribution in [0.3, 0.4) is 0 Å². The van der Waals surface area contributed by atoms with Crippen molar-refractivity contribution >= 4 is 33.8 Å². The molecule has 8 heteroatoms. The number of carbonyl (C=O) groups is 1. The van der Waals surface area contributed by atoms with Gasteiger partial charge in [0.15, 0.2) is 5.96 Å². The van der Waals surface area contributed by atoms with Crippen molar-refractivity contribution in [2.75, 3.05) is 61.0 Å². The van der Waals surface area contributed by atoms with Gasteiger partial charge in [-0.1, -0.05) is 98.8 Å². The topological polar surface area (TPSA) is 103 Å². The molecule has 0 spiro atoms. The van der Waals surface area contributed by atoms with E-state index in [2.05, 4.69) is 159 Å². The fraction of sp³-hybridized carbons (Fsp3) is 0.421. The van der Waals surface area contributed by atoms with Crippen LogP contribution < -0.4 is 16.8 Å². The van der Waals surface area contributed by atoms with Crippen LogP contribution in [0, 0.1) is 0 Å². The summed E-state index contributed by atoms with van der Waals surface area (Å²) in [6.45, 7) is 11.0. The highest BCUT2D eigenvalue weighted by Crippen LogP contribution is 2.33. The van der Waals surface area contributed by atoms with Gasteiger partial charge in [-0.05, 0) is 93.7 Å². The number of carbonyl (C=O) groups excluding carboxylic acids is 1. The van der Waals surface area contributed by atoms with Crippen molar-refractivity contribution in [3.8, 4) is 11.1 Å². The molecule has 5 N–H and O–H groups in total. The smallest absolute Gasteiger partial charge is 0.185 e. The van der Waals surface area contributed by atoms with E-state index >= 15 is 0 Å². The largest absolute Gasteiger partial charge is 0.370 e. The first-order valence-electron chi connectivity index (χ1n) is 16.3. The zero-order valence-electron chi connectivity index (χ0n) is 29.1. The number of guanidine groups is 1. The number of aliphatic imine (C=N–C) groups is 1. The van der Waals surface area contributed by atoms with Crippen LogP contribution in [0.5, 0.6) is 0 Å². The zero-order valence-corrected chi connectivity index (χ0v) is 29.1. The molecular weight excluding hydrogens is 570 g/mol. The van der Waals surface area contributed by atoms with Gasteiger partial charge in [0.2, 0.25) is 0 Å². The average molecular weight is 628 g/mol. The Kier molecular flexibility index (Phi) is 17.6. The van der Waals surface area contributed by atoms with E-state index in [0.29, 0.717) is 6.54 Å². The summed E-state index contributed by atoms with van der Waals surface area (Å²) < 4.78 is 0. The van der Waals surface area contributed by atoms with Crippen LogP contribution in [0.25, 0.3) is 32.7 Å². The molecular formula is C38H57N7O. The van der Waals surface area contributed by atoms with Gasteiger partial charge < -0.3 is 26.5 Å². The van der Waals surface area contributed by atoms with E-state index in [4.69, 9.17) is 11.5 Å². The molecule has 0 aromatic heterocycles. The van der Waals surface area contributed by atoms with Crippen molar-refractivity contribution in [3.63, 3.8) is 0 Å². The lowest BCUT2D eigenvalue weighted by molar-refractivity contribution is -0.109. The minimum Gasteiger partial charge on any atom is -0.370 e. The quantitative estimate of drug-likeness (QED) is 0.0546. The Bertz CT molecular complexity index is 1380. The summed E-state index contributed by atoms with van der Waals surface area (Å²) in [5.41, 5.74) is 13.1. The molecule has 0 amide bonds. The number of likely N-dealkylation sites (N-methyl/N-ethyl adjacent to an activating group) is 1. The summed E-state index contributed by atoms with van der Waals surface area (Å²) in [6, 6.07) is 30.3. The van der Waals surface area contributed by atoms with Gasteiger partial charge in [0.1, 0.15) is 6.29 Å². The minimum absolute atomic E-state index is 0.101. The Balaban J connectivity index is 0.000000263. The predicted octanol–water partition coefficient (Wildman–Crippen LogP) is 5.65. The van der Waals surface area contributed by atoms with Crippen LogP contribution in [0.2, 0.25) is 0 Å². The third-order valence-electron chi connectivity index (χ3n) is 7.69. The van der Waals surface area contributed by atoms with Crippen molar-refractivity contribution in [2.24, 2.45) is 16.5 Å². The van der Waals surface area contributed by atoms with E-state index < -0.39 is 0 Å². The van der Waals surface area contributed by atoms with Crippen LogP contribution in [0.1, 0.15) is 33.6 Å². The fourth-order valence-electron chi connectivity index (χ4n) is 5.23. The van der Waals surface area contributed by atoms with Crippen LogP contribution in [-0.4, -0.2) is 100 Å². The minimum atomic E-state index is -0.126. The molecule has 8 nitrogen and oxygen atoms in total. The molecule has 4 rings (SSSR count). The average Bonchev–Trinajstić information content (AvgIpc) is 3.05. The number of fused-ring (bicyclic) bond motifs is 2. The highest BCUT2D eigenvalue weighted by molar-refractivity contribution is 6.05. The van der Waals surface area contributed by atoms with E-state index in [1.165, 1.54) is 32.7 Å². The molecule has 0 bridgehead atoms. The molecule has 0 aliphatic heterocycles. The summed E-state index contributed by atoms with van der Waals surface area (Å²) in [7, 11) is 8.32. The number of hydrogen-bond donors (Lipinski definition) is 3. The molecule has 0 aliphatic rings. The first-order chi connectivity index (χ1) is 22.1. The Morgan fingerprint density at radius 2 is 1.28 bits per heavy atom. The fourth-order valence-corrected chi connectivity index (χ4v) is 5.23.